The zero-order chi connectivity index (χ0) is 13.1. The first-order valence-electron chi connectivity index (χ1n) is 6.68. The average Bonchev–Trinajstić information content (AvgIpc) is 3.15. The van der Waals surface area contributed by atoms with E-state index in [2.05, 4.69) is 28.7 Å². The van der Waals surface area contributed by atoms with E-state index in [9.17, 15) is 0 Å². The lowest BCUT2D eigenvalue weighted by atomic mass is 10.2. The first-order chi connectivity index (χ1) is 9.36. The molecule has 0 spiro atoms. The molecule has 2 aromatic rings. The van der Waals surface area contributed by atoms with Gasteiger partial charge in [-0.05, 0) is 25.2 Å². The Hall–Kier alpha value is -1.26. The molecule has 3 nitrogen and oxygen atoms in total. The van der Waals surface area contributed by atoms with Gasteiger partial charge in [0.15, 0.2) is 11.7 Å². The highest BCUT2D eigenvalue weighted by Crippen LogP contribution is 2.30. The summed E-state index contributed by atoms with van der Waals surface area (Å²) in [6, 6.07) is 9.01. The standard InChI is InChI=1S/C15H18N2OS/c1-19-14-5-3-2-4-12(14)13-10-17-15(18-13)8-9-16-11-6-7-11/h2-5,10-11,16H,6-9H2,1H3. The van der Waals surface area contributed by atoms with Crippen molar-refractivity contribution in [3.63, 3.8) is 0 Å². The molecule has 1 aromatic heterocycles. The molecule has 4 heteroatoms. The number of nitrogens with one attached hydrogen (secondary N) is 1. The van der Waals surface area contributed by atoms with Gasteiger partial charge >= 0.3 is 0 Å². The molecule has 1 aliphatic carbocycles. The van der Waals surface area contributed by atoms with Crippen LogP contribution in [0.1, 0.15) is 18.7 Å². The second-order valence-electron chi connectivity index (χ2n) is 4.80. The number of oxazole rings is 1. The molecule has 1 saturated carbocycles. The van der Waals surface area contributed by atoms with Crippen molar-refractivity contribution in [2.75, 3.05) is 12.8 Å². The number of aromatic nitrogens is 1. The van der Waals surface area contributed by atoms with E-state index in [1.807, 2.05) is 18.3 Å². The third-order valence-electron chi connectivity index (χ3n) is 3.28. The molecule has 1 aliphatic rings. The van der Waals surface area contributed by atoms with Crippen molar-refractivity contribution in [1.29, 1.82) is 0 Å². The minimum Gasteiger partial charge on any atom is -0.441 e. The topological polar surface area (TPSA) is 38.1 Å². The van der Waals surface area contributed by atoms with Crippen LogP contribution in [0, 0.1) is 0 Å². The van der Waals surface area contributed by atoms with Crippen molar-refractivity contribution in [1.82, 2.24) is 10.3 Å². The molecule has 0 aliphatic heterocycles. The molecule has 1 N–H and O–H groups in total. The molecular formula is C15H18N2OS. The van der Waals surface area contributed by atoms with Crippen LogP contribution in [0.2, 0.25) is 0 Å². The van der Waals surface area contributed by atoms with Crippen LogP contribution in [0.4, 0.5) is 0 Å². The van der Waals surface area contributed by atoms with E-state index in [4.69, 9.17) is 4.42 Å². The number of benzene rings is 1. The summed E-state index contributed by atoms with van der Waals surface area (Å²) in [5, 5.41) is 3.47. The van der Waals surface area contributed by atoms with Crippen molar-refractivity contribution >= 4 is 11.8 Å². The second kappa shape index (κ2) is 5.80. The maximum atomic E-state index is 5.85. The number of thioether (sulfide) groups is 1. The summed E-state index contributed by atoms with van der Waals surface area (Å²) in [5.41, 5.74) is 1.13. The molecule has 0 amide bonds. The van der Waals surface area contributed by atoms with Crippen LogP contribution in [0.25, 0.3) is 11.3 Å². The fourth-order valence-electron chi connectivity index (χ4n) is 2.07. The van der Waals surface area contributed by atoms with E-state index < -0.39 is 0 Å². The Morgan fingerprint density at radius 2 is 2.21 bits per heavy atom. The molecule has 0 unspecified atom stereocenters. The van der Waals surface area contributed by atoms with Gasteiger partial charge in [0.25, 0.3) is 0 Å². The monoisotopic (exact) mass is 274 g/mol. The van der Waals surface area contributed by atoms with Crippen molar-refractivity contribution in [2.45, 2.75) is 30.2 Å². The highest BCUT2D eigenvalue weighted by atomic mass is 32.2. The van der Waals surface area contributed by atoms with Crippen molar-refractivity contribution in [2.24, 2.45) is 0 Å². The molecule has 1 aromatic carbocycles. The lowest BCUT2D eigenvalue weighted by Crippen LogP contribution is -2.19. The first-order valence-corrected chi connectivity index (χ1v) is 7.91. The Labute approximate surface area is 117 Å². The Morgan fingerprint density at radius 1 is 1.37 bits per heavy atom. The molecule has 19 heavy (non-hydrogen) atoms. The SMILES string of the molecule is CSc1ccccc1-c1cnc(CCNC2CC2)o1. The smallest absolute Gasteiger partial charge is 0.196 e. The predicted molar refractivity (Wildman–Crippen MR) is 78.4 cm³/mol. The lowest BCUT2D eigenvalue weighted by Gasteiger charge is -2.03. The molecule has 0 bridgehead atoms. The van der Waals surface area contributed by atoms with Crippen LogP contribution < -0.4 is 5.32 Å². The number of hydrogen-bond donors (Lipinski definition) is 1. The van der Waals surface area contributed by atoms with Crippen molar-refractivity contribution in [3.8, 4) is 11.3 Å². The number of hydrogen-bond acceptors (Lipinski definition) is 4. The predicted octanol–water partition coefficient (Wildman–Crippen LogP) is 3.36. The van der Waals surface area contributed by atoms with Gasteiger partial charge in [0, 0.05) is 29.5 Å². The van der Waals surface area contributed by atoms with Gasteiger partial charge in [-0.3, -0.25) is 0 Å². The van der Waals surface area contributed by atoms with Crippen LogP contribution in [0.15, 0.2) is 39.8 Å². The van der Waals surface area contributed by atoms with Gasteiger partial charge in [-0.25, -0.2) is 4.98 Å². The van der Waals surface area contributed by atoms with Gasteiger partial charge in [0.1, 0.15) is 0 Å². The van der Waals surface area contributed by atoms with Gasteiger partial charge in [0.2, 0.25) is 0 Å². The van der Waals surface area contributed by atoms with Crippen LogP contribution in [-0.4, -0.2) is 23.8 Å². The van der Waals surface area contributed by atoms with Gasteiger partial charge in [-0.1, -0.05) is 18.2 Å². The minimum atomic E-state index is 0.742. The summed E-state index contributed by atoms with van der Waals surface area (Å²) in [6.45, 7) is 0.953. The number of nitrogens with zero attached hydrogens (tertiary/aromatic N) is 1. The molecule has 1 heterocycles. The summed E-state index contributed by atoms with van der Waals surface area (Å²) in [4.78, 5) is 5.59. The molecular weight excluding hydrogens is 256 g/mol. The fraction of sp³-hybridized carbons (Fsp3) is 0.400. The van der Waals surface area contributed by atoms with Crippen LogP contribution in [0.3, 0.4) is 0 Å². The van der Waals surface area contributed by atoms with E-state index in [1.54, 1.807) is 11.8 Å². The number of rotatable bonds is 6. The maximum Gasteiger partial charge on any atom is 0.196 e. The zero-order valence-corrected chi connectivity index (χ0v) is 11.9. The Morgan fingerprint density at radius 3 is 3.00 bits per heavy atom. The van der Waals surface area contributed by atoms with Gasteiger partial charge < -0.3 is 9.73 Å². The minimum absolute atomic E-state index is 0.742. The summed E-state index contributed by atoms with van der Waals surface area (Å²) in [6.07, 6.45) is 7.41. The zero-order valence-electron chi connectivity index (χ0n) is 11.1. The summed E-state index contributed by atoms with van der Waals surface area (Å²) >= 11 is 1.73. The highest BCUT2D eigenvalue weighted by molar-refractivity contribution is 7.98. The van der Waals surface area contributed by atoms with E-state index in [-0.39, 0.29) is 0 Å². The van der Waals surface area contributed by atoms with E-state index in [1.165, 1.54) is 17.7 Å². The Bertz CT molecular complexity index is 549. The van der Waals surface area contributed by atoms with E-state index in [0.717, 1.165) is 36.2 Å². The summed E-state index contributed by atoms with van der Waals surface area (Å²) < 4.78 is 5.85. The van der Waals surface area contributed by atoms with E-state index >= 15 is 0 Å². The molecule has 1 fully saturated rings. The third-order valence-corrected chi connectivity index (χ3v) is 4.07. The molecule has 0 atom stereocenters. The Balaban J connectivity index is 1.68. The van der Waals surface area contributed by atoms with Crippen LogP contribution in [0.5, 0.6) is 0 Å². The molecule has 0 radical (unpaired) electrons. The largest absolute Gasteiger partial charge is 0.441 e. The van der Waals surface area contributed by atoms with Crippen molar-refractivity contribution < 1.29 is 4.42 Å². The second-order valence-corrected chi connectivity index (χ2v) is 5.65. The fourth-order valence-corrected chi connectivity index (χ4v) is 2.67. The van der Waals surface area contributed by atoms with Gasteiger partial charge in [-0.15, -0.1) is 11.8 Å². The maximum absolute atomic E-state index is 5.85. The first kappa shape index (κ1) is 12.8. The molecule has 3 rings (SSSR count). The van der Waals surface area contributed by atoms with E-state index in [0.29, 0.717) is 0 Å². The van der Waals surface area contributed by atoms with Crippen LogP contribution in [-0.2, 0) is 6.42 Å². The summed E-state index contributed by atoms with van der Waals surface area (Å²) in [7, 11) is 0. The van der Waals surface area contributed by atoms with Crippen LogP contribution >= 0.6 is 11.8 Å². The Kier molecular flexibility index (Phi) is 3.89. The third kappa shape index (κ3) is 3.19. The van der Waals surface area contributed by atoms with Gasteiger partial charge in [-0.2, -0.15) is 0 Å². The van der Waals surface area contributed by atoms with Crippen molar-refractivity contribution in [3.05, 3.63) is 36.4 Å². The normalized spacial score (nSPS) is 14.8. The summed E-state index contributed by atoms with van der Waals surface area (Å²) in [5.74, 6) is 1.69. The lowest BCUT2D eigenvalue weighted by molar-refractivity contribution is 0.494. The quantitative estimate of drug-likeness (QED) is 0.820. The molecule has 0 saturated heterocycles. The molecule has 100 valence electrons. The van der Waals surface area contributed by atoms with Gasteiger partial charge in [0.05, 0.1) is 6.20 Å². The highest BCUT2D eigenvalue weighted by Gasteiger charge is 2.20. The average molecular weight is 274 g/mol.